The first-order valence-corrected chi connectivity index (χ1v) is 11.0. The van der Waals surface area contributed by atoms with Crippen LogP contribution < -0.4 is 10.6 Å². The van der Waals surface area contributed by atoms with Crippen LogP contribution in [0.2, 0.25) is 0 Å². The fraction of sp³-hybridized carbons (Fsp3) is 0.857. The van der Waals surface area contributed by atoms with Crippen molar-refractivity contribution in [3.63, 3.8) is 0 Å². The lowest BCUT2D eigenvalue weighted by Gasteiger charge is -2.35. The zero-order valence-electron chi connectivity index (χ0n) is 17.7. The van der Waals surface area contributed by atoms with Gasteiger partial charge in [0, 0.05) is 45.2 Å². The third kappa shape index (κ3) is 5.85. The maximum atomic E-state index is 12.3. The molecule has 2 unspecified atom stereocenters. The van der Waals surface area contributed by atoms with Crippen LogP contribution in [0.3, 0.4) is 0 Å². The number of nitrogens with one attached hydrogen (secondary N) is 2. The summed E-state index contributed by atoms with van der Waals surface area (Å²) in [6, 6.07) is 0.703. The summed E-state index contributed by atoms with van der Waals surface area (Å²) in [5, 5.41) is 7.15. The zero-order chi connectivity index (χ0) is 20.1. The molecule has 0 aromatic carbocycles. The van der Waals surface area contributed by atoms with Gasteiger partial charge in [0.05, 0.1) is 0 Å². The summed E-state index contributed by atoms with van der Waals surface area (Å²) in [6.45, 7) is 4.08. The number of nitrogens with zero attached hydrogens (tertiary/aromatic N) is 3. The normalized spacial score (nSPS) is 26.7. The largest absolute Gasteiger partial charge is 0.354 e. The summed E-state index contributed by atoms with van der Waals surface area (Å²) in [5.41, 5.74) is 0. The molecule has 0 aromatic rings. The van der Waals surface area contributed by atoms with E-state index in [1.807, 2.05) is 4.90 Å². The second-order valence-electron chi connectivity index (χ2n) is 8.98. The molecule has 1 heterocycles. The van der Waals surface area contributed by atoms with Crippen molar-refractivity contribution in [2.75, 3.05) is 33.7 Å². The number of carbonyl (C=O) groups is 2. The van der Waals surface area contributed by atoms with Crippen molar-refractivity contribution in [1.82, 2.24) is 20.4 Å². The van der Waals surface area contributed by atoms with Crippen LogP contribution in [0, 0.1) is 11.8 Å². The van der Waals surface area contributed by atoms with Gasteiger partial charge in [-0.2, -0.15) is 0 Å². The van der Waals surface area contributed by atoms with Gasteiger partial charge in [-0.15, -0.1) is 0 Å². The molecule has 0 bridgehead atoms. The Balaban J connectivity index is 1.56. The average Bonchev–Trinajstić information content (AvgIpc) is 3.52. The Morgan fingerprint density at radius 2 is 1.68 bits per heavy atom. The second kappa shape index (κ2) is 9.61. The van der Waals surface area contributed by atoms with Crippen LogP contribution >= 0.6 is 0 Å². The SMILES string of the molecule is CC1CCCCC1NC(=NCC(=O)N(C)C)NC1CCN(C(=O)C2CC2)CC1. The molecule has 0 radical (unpaired) electrons. The van der Waals surface area contributed by atoms with Crippen molar-refractivity contribution in [3.05, 3.63) is 0 Å². The first-order valence-electron chi connectivity index (χ1n) is 11.0. The highest BCUT2D eigenvalue weighted by molar-refractivity contribution is 5.85. The number of likely N-dealkylation sites (N-methyl/N-ethyl adjacent to an activating group) is 1. The van der Waals surface area contributed by atoms with Crippen molar-refractivity contribution in [1.29, 1.82) is 0 Å². The Bertz CT molecular complexity index is 579. The van der Waals surface area contributed by atoms with Crippen molar-refractivity contribution in [2.45, 2.75) is 70.4 Å². The minimum absolute atomic E-state index is 0.00245. The van der Waals surface area contributed by atoms with Crippen LogP contribution in [0.1, 0.15) is 58.3 Å². The molecule has 0 spiro atoms. The molecular formula is C21H37N5O2. The van der Waals surface area contributed by atoms with Crippen LogP contribution in [0.15, 0.2) is 4.99 Å². The molecule has 7 nitrogen and oxygen atoms in total. The smallest absolute Gasteiger partial charge is 0.243 e. The summed E-state index contributed by atoms with van der Waals surface area (Å²) in [5.74, 6) is 2.01. The summed E-state index contributed by atoms with van der Waals surface area (Å²) >= 11 is 0. The maximum Gasteiger partial charge on any atom is 0.243 e. The van der Waals surface area contributed by atoms with E-state index in [0.717, 1.165) is 51.2 Å². The number of guanidine groups is 1. The molecule has 28 heavy (non-hydrogen) atoms. The van der Waals surface area contributed by atoms with Gasteiger partial charge < -0.3 is 20.4 Å². The van der Waals surface area contributed by atoms with E-state index in [1.54, 1.807) is 19.0 Å². The summed E-state index contributed by atoms with van der Waals surface area (Å²) in [4.78, 5) is 32.4. The summed E-state index contributed by atoms with van der Waals surface area (Å²) in [6.07, 6.45) is 8.93. The topological polar surface area (TPSA) is 77.0 Å². The zero-order valence-corrected chi connectivity index (χ0v) is 17.7. The average molecular weight is 392 g/mol. The Morgan fingerprint density at radius 3 is 2.29 bits per heavy atom. The van der Waals surface area contributed by atoms with Crippen LogP contribution in [0.4, 0.5) is 0 Å². The third-order valence-corrected chi connectivity index (χ3v) is 6.38. The molecule has 2 atom stereocenters. The molecule has 3 fully saturated rings. The van der Waals surface area contributed by atoms with Gasteiger partial charge in [0.2, 0.25) is 11.8 Å². The second-order valence-corrected chi connectivity index (χ2v) is 8.98. The van der Waals surface area contributed by atoms with Crippen molar-refractivity contribution in [3.8, 4) is 0 Å². The van der Waals surface area contributed by atoms with Gasteiger partial charge in [0.25, 0.3) is 0 Å². The summed E-state index contributed by atoms with van der Waals surface area (Å²) < 4.78 is 0. The molecule has 2 aliphatic carbocycles. The number of carbonyl (C=O) groups excluding carboxylic acids is 2. The van der Waals surface area contributed by atoms with Crippen LogP contribution in [0.25, 0.3) is 0 Å². The number of hydrogen-bond donors (Lipinski definition) is 2. The highest BCUT2D eigenvalue weighted by Crippen LogP contribution is 2.32. The maximum absolute atomic E-state index is 12.3. The van der Waals surface area contributed by atoms with Crippen molar-refractivity contribution >= 4 is 17.8 Å². The first-order chi connectivity index (χ1) is 13.4. The molecule has 2 amide bonds. The quantitative estimate of drug-likeness (QED) is 0.551. The third-order valence-electron chi connectivity index (χ3n) is 6.38. The molecule has 158 valence electrons. The van der Waals surface area contributed by atoms with E-state index in [2.05, 4.69) is 22.5 Å². The molecule has 0 aromatic heterocycles. The number of piperidine rings is 1. The van der Waals surface area contributed by atoms with E-state index >= 15 is 0 Å². The number of likely N-dealkylation sites (tertiary alicyclic amines) is 1. The number of amides is 2. The Morgan fingerprint density at radius 1 is 1.00 bits per heavy atom. The number of hydrogen-bond acceptors (Lipinski definition) is 3. The van der Waals surface area contributed by atoms with Crippen LogP contribution in [0.5, 0.6) is 0 Å². The van der Waals surface area contributed by atoms with Gasteiger partial charge in [0.1, 0.15) is 6.54 Å². The van der Waals surface area contributed by atoms with Gasteiger partial charge in [-0.05, 0) is 44.4 Å². The minimum atomic E-state index is 0.00245. The monoisotopic (exact) mass is 391 g/mol. The van der Waals surface area contributed by atoms with E-state index in [-0.39, 0.29) is 12.5 Å². The molecule has 1 saturated heterocycles. The van der Waals surface area contributed by atoms with E-state index in [4.69, 9.17) is 0 Å². The molecule has 3 aliphatic rings. The standard InChI is InChI=1S/C21H37N5O2/c1-15-6-4-5-7-18(15)24-21(22-14-19(27)25(2)3)23-17-10-12-26(13-11-17)20(28)16-8-9-16/h15-18H,4-14H2,1-3H3,(H2,22,23,24). The van der Waals surface area contributed by atoms with Crippen LogP contribution in [-0.2, 0) is 9.59 Å². The van der Waals surface area contributed by atoms with E-state index in [9.17, 15) is 9.59 Å². The lowest BCUT2D eigenvalue weighted by atomic mass is 9.86. The molecule has 7 heteroatoms. The van der Waals surface area contributed by atoms with Gasteiger partial charge in [0.15, 0.2) is 5.96 Å². The fourth-order valence-electron chi connectivity index (χ4n) is 4.15. The van der Waals surface area contributed by atoms with Crippen molar-refractivity contribution in [2.24, 2.45) is 16.8 Å². The van der Waals surface area contributed by atoms with Gasteiger partial charge >= 0.3 is 0 Å². The van der Waals surface area contributed by atoms with E-state index in [1.165, 1.54) is 19.3 Å². The number of aliphatic imine (C=N–C) groups is 1. The highest BCUT2D eigenvalue weighted by atomic mass is 16.2. The molecule has 3 rings (SSSR count). The summed E-state index contributed by atoms with van der Waals surface area (Å²) in [7, 11) is 3.52. The number of rotatable bonds is 5. The van der Waals surface area contributed by atoms with Gasteiger partial charge in [-0.25, -0.2) is 4.99 Å². The molecular weight excluding hydrogens is 354 g/mol. The predicted octanol–water partition coefficient (Wildman–Crippen LogP) is 1.59. The Kier molecular flexibility index (Phi) is 7.18. The van der Waals surface area contributed by atoms with Gasteiger partial charge in [-0.1, -0.05) is 19.8 Å². The fourth-order valence-corrected chi connectivity index (χ4v) is 4.15. The lowest BCUT2D eigenvalue weighted by molar-refractivity contribution is -0.133. The molecule has 2 saturated carbocycles. The Labute approximate surface area is 169 Å². The highest BCUT2D eigenvalue weighted by Gasteiger charge is 2.35. The van der Waals surface area contributed by atoms with Crippen molar-refractivity contribution < 1.29 is 9.59 Å². The minimum Gasteiger partial charge on any atom is -0.354 e. The van der Waals surface area contributed by atoms with Gasteiger partial charge in [-0.3, -0.25) is 9.59 Å². The van der Waals surface area contributed by atoms with Crippen LogP contribution in [-0.4, -0.2) is 73.4 Å². The first kappa shape index (κ1) is 20.9. The Hall–Kier alpha value is -1.79. The van der Waals surface area contributed by atoms with E-state index in [0.29, 0.717) is 29.8 Å². The molecule has 1 aliphatic heterocycles. The predicted molar refractivity (Wildman–Crippen MR) is 111 cm³/mol. The molecule has 2 N–H and O–H groups in total. The van der Waals surface area contributed by atoms with E-state index < -0.39 is 0 Å². The lowest BCUT2D eigenvalue weighted by Crippen LogP contribution is -2.53.